The highest BCUT2D eigenvalue weighted by Crippen LogP contribution is 2.13. The van der Waals surface area contributed by atoms with E-state index in [0.29, 0.717) is 12.2 Å². The number of H-pyrrole nitrogens is 1. The number of pyridine rings is 1. The normalized spacial score (nSPS) is 10.9. The topological polar surface area (TPSA) is 76.7 Å². The van der Waals surface area contributed by atoms with Crippen LogP contribution in [0.3, 0.4) is 0 Å². The van der Waals surface area contributed by atoms with Gasteiger partial charge < -0.3 is 10.7 Å². The van der Waals surface area contributed by atoms with Crippen LogP contribution in [0.1, 0.15) is 5.56 Å². The van der Waals surface area contributed by atoms with Crippen LogP contribution < -0.4 is 11.4 Å². The van der Waals surface area contributed by atoms with Crippen molar-refractivity contribution in [2.75, 3.05) is 0 Å². The van der Waals surface area contributed by atoms with E-state index in [2.05, 4.69) is 9.97 Å². The first-order chi connectivity index (χ1) is 8.79. The van der Waals surface area contributed by atoms with E-state index in [1.165, 1.54) is 0 Å². The maximum absolute atomic E-state index is 11.9. The highest BCUT2D eigenvalue weighted by Gasteiger charge is 2.08. The van der Waals surface area contributed by atoms with Gasteiger partial charge in [0.1, 0.15) is 0 Å². The Bertz CT molecular complexity index is 740. The van der Waals surface area contributed by atoms with Crippen LogP contribution in [-0.2, 0) is 6.54 Å². The number of aromatic nitrogens is 3. The van der Waals surface area contributed by atoms with Gasteiger partial charge in [0.25, 0.3) is 0 Å². The van der Waals surface area contributed by atoms with Gasteiger partial charge >= 0.3 is 5.69 Å². The van der Waals surface area contributed by atoms with Gasteiger partial charge in [-0.25, -0.2) is 14.3 Å². The number of nitrogens with zero attached hydrogens (tertiary/aromatic N) is 2. The predicted octanol–water partition coefficient (Wildman–Crippen LogP) is 1.17. The molecular weight excluding hydrogens is 228 g/mol. The molecular formula is C13H12N4O. The molecule has 0 saturated carbocycles. The predicted molar refractivity (Wildman–Crippen MR) is 69.6 cm³/mol. The van der Waals surface area contributed by atoms with Gasteiger partial charge in [-0.05, 0) is 29.8 Å². The van der Waals surface area contributed by atoms with Gasteiger partial charge in [-0.3, -0.25) is 0 Å². The van der Waals surface area contributed by atoms with Crippen molar-refractivity contribution in [1.82, 2.24) is 14.5 Å². The molecule has 3 N–H and O–H groups in total. The molecule has 0 aliphatic heterocycles. The van der Waals surface area contributed by atoms with Crippen LogP contribution in [0, 0.1) is 0 Å². The average Bonchev–Trinajstić information content (AvgIpc) is 2.75. The molecule has 0 unspecified atom stereocenters. The minimum absolute atomic E-state index is 0.191. The molecule has 0 amide bonds. The standard InChI is InChI=1S/C13H12N4O/c14-8-9-3-5-10(6-4-9)17-12-11(16-13(17)18)2-1-7-15-12/h1-7H,8,14H2,(H,16,18). The summed E-state index contributed by atoms with van der Waals surface area (Å²) in [4.78, 5) is 18.9. The van der Waals surface area contributed by atoms with Crippen LogP contribution in [0.2, 0.25) is 0 Å². The molecule has 0 atom stereocenters. The van der Waals surface area contributed by atoms with Gasteiger partial charge in [-0.15, -0.1) is 0 Å². The zero-order chi connectivity index (χ0) is 12.5. The van der Waals surface area contributed by atoms with Crippen LogP contribution in [0.4, 0.5) is 0 Å². The molecule has 0 spiro atoms. The van der Waals surface area contributed by atoms with E-state index in [9.17, 15) is 4.79 Å². The Kier molecular flexibility index (Phi) is 2.46. The molecule has 90 valence electrons. The number of imidazole rings is 1. The lowest BCUT2D eigenvalue weighted by Crippen LogP contribution is -2.15. The van der Waals surface area contributed by atoms with Crippen LogP contribution in [0.5, 0.6) is 0 Å². The lowest BCUT2D eigenvalue weighted by Gasteiger charge is -2.03. The second kappa shape index (κ2) is 4.12. The molecule has 0 aliphatic rings. The second-order valence-corrected chi connectivity index (χ2v) is 4.01. The Morgan fingerprint density at radius 2 is 2.00 bits per heavy atom. The molecule has 0 radical (unpaired) electrons. The Labute approximate surface area is 103 Å². The number of fused-ring (bicyclic) bond motifs is 1. The summed E-state index contributed by atoms with van der Waals surface area (Å²) in [6, 6.07) is 11.2. The Morgan fingerprint density at radius 1 is 1.22 bits per heavy atom. The largest absolute Gasteiger partial charge is 0.332 e. The van der Waals surface area contributed by atoms with Crippen molar-refractivity contribution < 1.29 is 0 Å². The number of hydrogen-bond donors (Lipinski definition) is 2. The van der Waals surface area contributed by atoms with Crippen LogP contribution in [-0.4, -0.2) is 14.5 Å². The Balaban J connectivity index is 2.24. The van der Waals surface area contributed by atoms with E-state index in [0.717, 1.165) is 16.8 Å². The molecule has 3 aromatic rings. The lowest BCUT2D eigenvalue weighted by molar-refractivity contribution is 0.993. The summed E-state index contributed by atoms with van der Waals surface area (Å²) < 4.78 is 1.55. The number of hydrogen-bond acceptors (Lipinski definition) is 3. The van der Waals surface area contributed by atoms with Crippen LogP contribution >= 0.6 is 0 Å². The average molecular weight is 240 g/mol. The molecule has 5 heteroatoms. The van der Waals surface area contributed by atoms with Crippen molar-refractivity contribution in [2.45, 2.75) is 6.54 Å². The summed E-state index contributed by atoms with van der Waals surface area (Å²) in [6.45, 7) is 0.487. The zero-order valence-corrected chi connectivity index (χ0v) is 9.63. The molecule has 3 rings (SSSR count). The monoisotopic (exact) mass is 240 g/mol. The van der Waals surface area contributed by atoms with Gasteiger partial charge in [0.2, 0.25) is 0 Å². The van der Waals surface area contributed by atoms with Crippen LogP contribution in [0.15, 0.2) is 47.4 Å². The molecule has 2 aromatic heterocycles. The van der Waals surface area contributed by atoms with E-state index in [4.69, 9.17) is 5.73 Å². The van der Waals surface area contributed by atoms with Crippen molar-refractivity contribution in [3.8, 4) is 5.69 Å². The molecule has 0 fully saturated rings. The smallest absolute Gasteiger partial charge is 0.326 e. The maximum atomic E-state index is 11.9. The van der Waals surface area contributed by atoms with Crippen molar-refractivity contribution in [2.24, 2.45) is 5.73 Å². The SMILES string of the molecule is NCc1ccc(-n2c(=O)[nH]c3cccnc32)cc1. The highest BCUT2D eigenvalue weighted by molar-refractivity contribution is 5.72. The summed E-state index contributed by atoms with van der Waals surface area (Å²) in [5, 5.41) is 0. The van der Waals surface area contributed by atoms with Crippen molar-refractivity contribution in [3.05, 3.63) is 58.6 Å². The summed E-state index contributed by atoms with van der Waals surface area (Å²) in [7, 11) is 0. The summed E-state index contributed by atoms with van der Waals surface area (Å²) in [5.41, 5.74) is 8.52. The molecule has 0 bridgehead atoms. The third kappa shape index (κ3) is 1.61. The third-order valence-electron chi connectivity index (χ3n) is 2.87. The number of rotatable bonds is 2. The first kappa shape index (κ1) is 10.7. The molecule has 0 aliphatic carbocycles. The fourth-order valence-corrected chi connectivity index (χ4v) is 1.96. The highest BCUT2D eigenvalue weighted by atomic mass is 16.1. The number of nitrogens with two attached hydrogens (primary N) is 1. The first-order valence-corrected chi connectivity index (χ1v) is 5.65. The second-order valence-electron chi connectivity index (χ2n) is 4.01. The Hall–Kier alpha value is -2.40. The number of benzene rings is 1. The van der Waals surface area contributed by atoms with Crippen molar-refractivity contribution in [3.63, 3.8) is 0 Å². The maximum Gasteiger partial charge on any atom is 0.332 e. The van der Waals surface area contributed by atoms with Gasteiger partial charge in [0.15, 0.2) is 5.65 Å². The van der Waals surface area contributed by atoms with Gasteiger partial charge in [-0.2, -0.15) is 0 Å². The van der Waals surface area contributed by atoms with E-state index in [1.807, 2.05) is 30.3 Å². The fraction of sp³-hybridized carbons (Fsp3) is 0.0769. The number of nitrogens with one attached hydrogen (secondary N) is 1. The van der Waals surface area contributed by atoms with E-state index in [1.54, 1.807) is 16.8 Å². The molecule has 2 heterocycles. The Morgan fingerprint density at radius 3 is 2.72 bits per heavy atom. The van der Waals surface area contributed by atoms with Crippen molar-refractivity contribution >= 4 is 11.2 Å². The zero-order valence-electron chi connectivity index (χ0n) is 9.63. The van der Waals surface area contributed by atoms with Crippen molar-refractivity contribution in [1.29, 1.82) is 0 Å². The van der Waals surface area contributed by atoms with E-state index < -0.39 is 0 Å². The van der Waals surface area contributed by atoms with Gasteiger partial charge in [0.05, 0.1) is 11.2 Å². The van der Waals surface area contributed by atoms with Gasteiger partial charge in [-0.1, -0.05) is 12.1 Å². The summed E-state index contributed by atoms with van der Waals surface area (Å²) in [5.74, 6) is 0. The summed E-state index contributed by atoms with van der Waals surface area (Å²) in [6.07, 6.45) is 1.67. The minimum Gasteiger partial charge on any atom is -0.326 e. The molecule has 1 aromatic carbocycles. The van der Waals surface area contributed by atoms with Gasteiger partial charge in [0, 0.05) is 12.7 Å². The quantitative estimate of drug-likeness (QED) is 0.706. The minimum atomic E-state index is -0.191. The third-order valence-corrected chi connectivity index (χ3v) is 2.87. The fourth-order valence-electron chi connectivity index (χ4n) is 1.96. The molecule has 0 saturated heterocycles. The van der Waals surface area contributed by atoms with Crippen LogP contribution in [0.25, 0.3) is 16.9 Å². The molecule has 5 nitrogen and oxygen atoms in total. The first-order valence-electron chi connectivity index (χ1n) is 5.65. The lowest BCUT2D eigenvalue weighted by atomic mass is 10.2. The summed E-state index contributed by atoms with van der Waals surface area (Å²) >= 11 is 0. The van der Waals surface area contributed by atoms with E-state index in [-0.39, 0.29) is 5.69 Å². The number of aromatic amines is 1. The van der Waals surface area contributed by atoms with E-state index >= 15 is 0 Å². The molecule has 18 heavy (non-hydrogen) atoms.